The van der Waals surface area contributed by atoms with Crippen molar-refractivity contribution in [1.29, 1.82) is 0 Å². The van der Waals surface area contributed by atoms with E-state index in [1.165, 1.54) is 4.90 Å². The number of ether oxygens (including phenoxy) is 6. The van der Waals surface area contributed by atoms with Gasteiger partial charge in [0, 0.05) is 19.5 Å². The third-order valence-electron chi connectivity index (χ3n) is 9.30. The number of halogens is 1. The molecule has 56 heavy (non-hydrogen) atoms. The van der Waals surface area contributed by atoms with Gasteiger partial charge in [0.25, 0.3) is 0 Å². The molecule has 3 heterocycles. The lowest BCUT2D eigenvalue weighted by Gasteiger charge is -2.35. The molecule has 0 saturated carbocycles. The number of likely N-dealkylation sites (tertiary alicyclic amines) is 1. The Bertz CT molecular complexity index is 1440. The van der Waals surface area contributed by atoms with Crippen molar-refractivity contribution in [3.63, 3.8) is 0 Å². The van der Waals surface area contributed by atoms with Crippen LogP contribution in [0.4, 0.5) is 0 Å². The van der Waals surface area contributed by atoms with Gasteiger partial charge in [0.05, 0.1) is 94.4 Å². The fourth-order valence-corrected chi connectivity index (χ4v) is 7.07. The number of thiazole rings is 1. The van der Waals surface area contributed by atoms with Crippen LogP contribution in [0.5, 0.6) is 0 Å². The number of β-amino-alcohol motifs (C(OH)–C–C–N with tert-alkyl or cyclic N) is 1. The Morgan fingerprint density at radius 2 is 1.48 bits per heavy atom. The van der Waals surface area contributed by atoms with Gasteiger partial charge in [-0.3, -0.25) is 14.4 Å². The Kier molecular flexibility index (Phi) is 21.7. The number of aryl methyl sites for hydroxylation is 1. The molecule has 2 aromatic rings. The van der Waals surface area contributed by atoms with E-state index in [9.17, 15) is 19.5 Å². The van der Waals surface area contributed by atoms with Crippen molar-refractivity contribution in [1.82, 2.24) is 25.8 Å². The molecular formula is C39H62ClN5O10S. The standard InChI is InChI=1S/C39H61N5O10S.ClH/c1-28-35(55-27-42-28)30-7-5-29(6-8-30)24-41-37(47)33-23-31(45)25-44(33)38(48)36(39(2,3)4)43-34(46)26-53-20-19-51-16-15-49-13-14-50-17-18-52-21-22-54-32-9-11-40-12-10-32;/h5-8,27,31-33,36,40,45H,9-26H2,1-4H3,(H,41,47)(H,43,46);1H/t31-,33+,36-;/m1./s1. The minimum absolute atomic E-state index is 0. The van der Waals surface area contributed by atoms with Gasteiger partial charge in [-0.25, -0.2) is 4.98 Å². The van der Waals surface area contributed by atoms with Crippen molar-refractivity contribution in [2.45, 2.75) is 77.8 Å². The highest BCUT2D eigenvalue weighted by Crippen LogP contribution is 2.28. The minimum atomic E-state index is -0.944. The molecule has 1 aromatic heterocycles. The average molecular weight is 828 g/mol. The third kappa shape index (κ3) is 16.6. The summed E-state index contributed by atoms with van der Waals surface area (Å²) in [4.78, 5) is 46.8. The summed E-state index contributed by atoms with van der Waals surface area (Å²) < 4.78 is 33.4. The van der Waals surface area contributed by atoms with Gasteiger partial charge in [-0.1, -0.05) is 45.0 Å². The van der Waals surface area contributed by atoms with E-state index in [4.69, 9.17) is 28.4 Å². The largest absolute Gasteiger partial charge is 0.391 e. The van der Waals surface area contributed by atoms with E-state index in [0.29, 0.717) is 59.0 Å². The fraction of sp³-hybridized carbons (Fsp3) is 0.692. The maximum atomic E-state index is 13.8. The summed E-state index contributed by atoms with van der Waals surface area (Å²) in [5.74, 6) is -1.26. The quantitative estimate of drug-likeness (QED) is 0.114. The van der Waals surface area contributed by atoms with Crippen LogP contribution in [0, 0.1) is 12.3 Å². The summed E-state index contributed by atoms with van der Waals surface area (Å²) in [6.45, 7) is 13.8. The van der Waals surface area contributed by atoms with Crippen LogP contribution in [0.2, 0.25) is 0 Å². The number of nitrogens with one attached hydrogen (secondary N) is 3. The second kappa shape index (κ2) is 25.6. The normalized spacial score (nSPS) is 18.1. The molecule has 1 aromatic carbocycles. The zero-order valence-corrected chi connectivity index (χ0v) is 34.9. The Morgan fingerprint density at radius 1 is 0.911 bits per heavy atom. The van der Waals surface area contributed by atoms with E-state index in [1.807, 2.05) is 57.5 Å². The van der Waals surface area contributed by atoms with Crippen LogP contribution in [-0.2, 0) is 49.3 Å². The molecule has 3 atom stereocenters. The molecule has 4 rings (SSSR count). The highest BCUT2D eigenvalue weighted by molar-refractivity contribution is 7.13. The second-order valence-electron chi connectivity index (χ2n) is 14.8. The van der Waals surface area contributed by atoms with Crippen molar-refractivity contribution < 1.29 is 47.9 Å². The highest BCUT2D eigenvalue weighted by atomic mass is 35.5. The van der Waals surface area contributed by atoms with Gasteiger partial charge in [0.2, 0.25) is 17.7 Å². The van der Waals surface area contributed by atoms with Crippen molar-refractivity contribution in [3.8, 4) is 10.4 Å². The molecule has 0 spiro atoms. The summed E-state index contributed by atoms with van der Waals surface area (Å²) in [6.07, 6.45) is 1.69. The van der Waals surface area contributed by atoms with E-state index in [0.717, 1.165) is 47.6 Å². The van der Waals surface area contributed by atoms with Gasteiger partial charge in [0.15, 0.2) is 0 Å². The van der Waals surface area contributed by atoms with Gasteiger partial charge in [0.1, 0.15) is 18.7 Å². The number of carbonyl (C=O) groups excluding carboxylic acids is 3. The number of hydrogen-bond donors (Lipinski definition) is 4. The van der Waals surface area contributed by atoms with Gasteiger partial charge in [-0.15, -0.1) is 23.7 Å². The van der Waals surface area contributed by atoms with Crippen molar-refractivity contribution in [3.05, 3.63) is 41.0 Å². The lowest BCUT2D eigenvalue weighted by Crippen LogP contribution is -2.58. The average Bonchev–Trinajstić information content (AvgIpc) is 3.79. The van der Waals surface area contributed by atoms with Crippen LogP contribution in [0.3, 0.4) is 0 Å². The Morgan fingerprint density at radius 3 is 2.04 bits per heavy atom. The van der Waals surface area contributed by atoms with Gasteiger partial charge in [-0.2, -0.15) is 0 Å². The second-order valence-corrected chi connectivity index (χ2v) is 15.6. The maximum Gasteiger partial charge on any atom is 0.246 e. The molecule has 0 aliphatic carbocycles. The first-order valence-corrected chi connectivity index (χ1v) is 20.2. The zero-order chi connectivity index (χ0) is 39.5. The molecular weight excluding hydrogens is 766 g/mol. The molecule has 4 N–H and O–H groups in total. The first-order valence-electron chi connectivity index (χ1n) is 19.3. The van der Waals surface area contributed by atoms with Crippen molar-refractivity contribution >= 4 is 41.5 Å². The van der Waals surface area contributed by atoms with Crippen LogP contribution < -0.4 is 16.0 Å². The molecule has 2 aliphatic heterocycles. The number of aliphatic hydroxyl groups excluding tert-OH is 1. The molecule has 316 valence electrons. The van der Waals surface area contributed by atoms with E-state index < -0.39 is 35.4 Å². The number of piperidine rings is 1. The van der Waals surface area contributed by atoms with Gasteiger partial charge < -0.3 is 54.4 Å². The van der Waals surface area contributed by atoms with E-state index in [-0.39, 0.29) is 57.6 Å². The fourth-order valence-electron chi connectivity index (χ4n) is 6.26. The Hall–Kier alpha value is -2.77. The van der Waals surface area contributed by atoms with Crippen molar-refractivity contribution in [2.75, 3.05) is 92.3 Å². The maximum absolute atomic E-state index is 13.8. The highest BCUT2D eigenvalue weighted by Gasteiger charge is 2.44. The van der Waals surface area contributed by atoms with E-state index in [1.54, 1.807) is 11.3 Å². The van der Waals surface area contributed by atoms with Crippen LogP contribution >= 0.6 is 23.7 Å². The van der Waals surface area contributed by atoms with Crippen LogP contribution in [0.1, 0.15) is 51.3 Å². The van der Waals surface area contributed by atoms with Crippen LogP contribution in [0.25, 0.3) is 10.4 Å². The number of benzene rings is 1. The number of carbonyl (C=O) groups is 3. The molecule has 17 heteroatoms. The molecule has 0 bridgehead atoms. The molecule has 0 unspecified atom stereocenters. The molecule has 3 amide bonds. The number of aliphatic hydroxyl groups is 1. The number of amides is 3. The SMILES string of the molecule is Cc1ncsc1-c1ccc(CNC(=O)[C@@H]2C[C@@H](O)CN2C(=O)[C@@H](NC(=O)COCCOCCOCCOCCOCCOC2CCNCC2)C(C)(C)C)cc1.Cl. The molecule has 2 aliphatic rings. The Labute approximate surface area is 341 Å². The van der Waals surface area contributed by atoms with Crippen LogP contribution in [-0.4, -0.2) is 149 Å². The third-order valence-corrected chi connectivity index (χ3v) is 10.3. The topological polar surface area (TPSA) is 179 Å². The molecule has 2 fully saturated rings. The summed E-state index contributed by atoms with van der Waals surface area (Å²) in [5, 5.41) is 19.5. The molecule has 0 radical (unpaired) electrons. The monoisotopic (exact) mass is 827 g/mol. The minimum Gasteiger partial charge on any atom is -0.391 e. The summed E-state index contributed by atoms with van der Waals surface area (Å²) >= 11 is 1.58. The number of hydrogen-bond acceptors (Lipinski definition) is 13. The first kappa shape index (κ1) is 47.6. The lowest BCUT2D eigenvalue weighted by molar-refractivity contribution is -0.144. The number of aromatic nitrogens is 1. The van der Waals surface area contributed by atoms with E-state index in [2.05, 4.69) is 20.9 Å². The lowest BCUT2D eigenvalue weighted by atomic mass is 9.85. The van der Waals surface area contributed by atoms with Crippen LogP contribution in [0.15, 0.2) is 29.8 Å². The number of rotatable bonds is 24. The van der Waals surface area contributed by atoms with E-state index >= 15 is 0 Å². The molecule has 15 nitrogen and oxygen atoms in total. The Balaban J connectivity index is 0.00000841. The van der Waals surface area contributed by atoms with Gasteiger partial charge in [-0.05, 0) is 49.4 Å². The predicted molar refractivity (Wildman–Crippen MR) is 215 cm³/mol. The zero-order valence-electron chi connectivity index (χ0n) is 33.3. The summed E-state index contributed by atoms with van der Waals surface area (Å²) in [5.41, 5.74) is 4.06. The van der Waals surface area contributed by atoms with Crippen molar-refractivity contribution in [2.24, 2.45) is 5.41 Å². The van der Waals surface area contributed by atoms with Gasteiger partial charge >= 0.3 is 0 Å². The molecule has 2 saturated heterocycles. The smallest absolute Gasteiger partial charge is 0.246 e. The summed E-state index contributed by atoms with van der Waals surface area (Å²) in [6, 6.07) is 6.06. The summed E-state index contributed by atoms with van der Waals surface area (Å²) in [7, 11) is 0. The number of nitrogens with zero attached hydrogens (tertiary/aromatic N) is 2. The first-order chi connectivity index (χ1) is 26.5. The predicted octanol–water partition coefficient (Wildman–Crippen LogP) is 2.50.